The molecule has 2 spiro atoms. The van der Waals surface area contributed by atoms with Gasteiger partial charge in [-0.15, -0.1) is 0 Å². The first kappa shape index (κ1) is 20.9. The van der Waals surface area contributed by atoms with E-state index in [9.17, 15) is 0 Å². The molecule has 0 amide bonds. The summed E-state index contributed by atoms with van der Waals surface area (Å²) in [5, 5.41) is 9.18. The number of rotatable bonds is 3. The molecule has 1 unspecified atom stereocenters. The third kappa shape index (κ3) is 3.46. The standard InChI is InChI=1S/C24H35N5O2/c1-29-22(27-28-25)26-24(31-29)21-15-18(14-17-6-4-3-5-7-17)8-9-19(21)16-23(24)12-10-20(30-2)11-13-23/h8-9,15,17,20H,3-7,10-14,16H2,1-2H3,(H2,25,26,27). The van der Waals surface area contributed by atoms with Crippen molar-refractivity contribution in [2.75, 3.05) is 14.2 Å². The highest BCUT2D eigenvalue weighted by molar-refractivity contribution is 5.81. The van der Waals surface area contributed by atoms with Gasteiger partial charge in [-0.3, -0.25) is 0 Å². The maximum absolute atomic E-state index is 6.59. The average Bonchev–Trinajstić information content (AvgIpc) is 3.25. The molecule has 168 valence electrons. The van der Waals surface area contributed by atoms with E-state index in [1.165, 1.54) is 48.8 Å². The Kier molecular flexibility index (Phi) is 5.51. The Bertz CT molecular complexity index is 871. The summed E-state index contributed by atoms with van der Waals surface area (Å²) in [5.74, 6) is 6.61. The summed E-state index contributed by atoms with van der Waals surface area (Å²) < 4.78 is 5.67. The van der Waals surface area contributed by atoms with Crippen LogP contribution >= 0.6 is 0 Å². The van der Waals surface area contributed by atoms with Crippen molar-refractivity contribution in [3.63, 3.8) is 0 Å². The van der Waals surface area contributed by atoms with Crippen LogP contribution in [-0.4, -0.2) is 31.3 Å². The van der Waals surface area contributed by atoms with Crippen LogP contribution in [0.15, 0.2) is 33.5 Å². The Morgan fingerprint density at radius 3 is 2.68 bits per heavy atom. The highest BCUT2D eigenvalue weighted by Crippen LogP contribution is 2.62. The summed E-state index contributed by atoms with van der Waals surface area (Å²) in [7, 11) is 3.66. The summed E-state index contributed by atoms with van der Waals surface area (Å²) in [5.41, 5.74) is 3.13. The van der Waals surface area contributed by atoms with Crippen LogP contribution < -0.4 is 5.84 Å². The molecule has 31 heavy (non-hydrogen) atoms. The van der Waals surface area contributed by atoms with E-state index in [-0.39, 0.29) is 5.41 Å². The van der Waals surface area contributed by atoms with Gasteiger partial charge in [0.1, 0.15) is 0 Å². The predicted octanol–water partition coefficient (Wildman–Crippen LogP) is 4.65. The molecule has 0 radical (unpaired) electrons. The fourth-order valence-electron chi connectivity index (χ4n) is 6.54. The van der Waals surface area contributed by atoms with Gasteiger partial charge in [-0.05, 0) is 55.6 Å². The summed E-state index contributed by atoms with van der Waals surface area (Å²) in [4.78, 5) is 11.7. The molecule has 0 bridgehead atoms. The van der Waals surface area contributed by atoms with E-state index in [4.69, 9.17) is 20.4 Å². The molecule has 0 aromatic heterocycles. The van der Waals surface area contributed by atoms with Gasteiger partial charge in [-0.25, -0.2) is 14.9 Å². The Morgan fingerprint density at radius 1 is 1.19 bits per heavy atom. The Morgan fingerprint density at radius 2 is 1.97 bits per heavy atom. The number of hydrogen-bond donors (Lipinski definition) is 1. The Balaban J connectivity index is 1.53. The van der Waals surface area contributed by atoms with Crippen LogP contribution in [0.25, 0.3) is 0 Å². The monoisotopic (exact) mass is 425 g/mol. The number of benzene rings is 1. The minimum atomic E-state index is -0.748. The van der Waals surface area contributed by atoms with Gasteiger partial charge in [0.2, 0.25) is 5.72 Å². The number of aliphatic imine (C=N–C) groups is 1. The molecule has 0 saturated heterocycles. The largest absolute Gasteiger partial charge is 0.381 e. The molecule has 2 saturated carbocycles. The minimum Gasteiger partial charge on any atom is -0.381 e. The molecule has 5 rings (SSSR count). The first-order valence-electron chi connectivity index (χ1n) is 11.9. The van der Waals surface area contributed by atoms with Crippen LogP contribution in [0.2, 0.25) is 0 Å². The van der Waals surface area contributed by atoms with E-state index >= 15 is 0 Å². The third-order valence-electron chi connectivity index (χ3n) is 8.21. The number of hydrogen-bond acceptors (Lipinski definition) is 6. The van der Waals surface area contributed by atoms with E-state index in [2.05, 4.69) is 28.5 Å². The van der Waals surface area contributed by atoms with Gasteiger partial charge in [-0.1, -0.05) is 60.6 Å². The smallest absolute Gasteiger partial charge is 0.269 e. The molecule has 2 N–H and O–H groups in total. The van der Waals surface area contributed by atoms with E-state index < -0.39 is 5.72 Å². The fourth-order valence-corrected chi connectivity index (χ4v) is 6.54. The van der Waals surface area contributed by atoms with Crippen molar-refractivity contribution in [1.82, 2.24) is 5.06 Å². The van der Waals surface area contributed by atoms with Gasteiger partial charge in [0.15, 0.2) is 0 Å². The predicted molar refractivity (Wildman–Crippen MR) is 119 cm³/mol. The molecule has 3 aliphatic carbocycles. The van der Waals surface area contributed by atoms with Gasteiger partial charge < -0.3 is 10.6 Å². The number of fused-ring (bicyclic) bond motifs is 3. The number of ether oxygens (including phenoxy) is 1. The van der Waals surface area contributed by atoms with Gasteiger partial charge in [0, 0.05) is 25.1 Å². The van der Waals surface area contributed by atoms with Crippen LogP contribution in [-0.2, 0) is 28.1 Å². The second-order valence-corrected chi connectivity index (χ2v) is 9.95. The first-order valence-corrected chi connectivity index (χ1v) is 11.9. The van der Waals surface area contributed by atoms with Crippen LogP contribution in [0.1, 0.15) is 74.5 Å². The lowest BCUT2D eigenvalue weighted by Crippen LogP contribution is -2.46. The molecule has 7 heteroatoms. The van der Waals surface area contributed by atoms with Crippen molar-refractivity contribution in [2.45, 2.75) is 82.5 Å². The van der Waals surface area contributed by atoms with Gasteiger partial charge in [0.25, 0.3) is 5.96 Å². The number of guanidine groups is 1. The average molecular weight is 426 g/mol. The van der Waals surface area contributed by atoms with Crippen LogP contribution in [0.5, 0.6) is 0 Å². The van der Waals surface area contributed by atoms with Crippen molar-refractivity contribution in [3.8, 4) is 0 Å². The minimum absolute atomic E-state index is 0.0893. The van der Waals surface area contributed by atoms with Crippen LogP contribution in [0.4, 0.5) is 0 Å². The quantitative estimate of drug-likeness (QED) is 0.434. The van der Waals surface area contributed by atoms with Crippen molar-refractivity contribution in [2.24, 2.45) is 32.5 Å². The Labute approximate surface area is 185 Å². The number of hydroxylamine groups is 2. The molecule has 4 aliphatic rings. The van der Waals surface area contributed by atoms with Gasteiger partial charge >= 0.3 is 0 Å². The van der Waals surface area contributed by atoms with E-state index in [1.54, 1.807) is 5.06 Å². The lowest BCUT2D eigenvalue weighted by Gasteiger charge is -2.45. The highest BCUT2D eigenvalue weighted by atomic mass is 16.7. The molecule has 7 nitrogen and oxygen atoms in total. The lowest BCUT2D eigenvalue weighted by molar-refractivity contribution is -0.232. The fraction of sp³-hybridized carbons (Fsp3) is 0.708. The maximum Gasteiger partial charge on any atom is 0.269 e. The molecule has 1 heterocycles. The van der Waals surface area contributed by atoms with Crippen LogP contribution in [0, 0.1) is 11.3 Å². The topological polar surface area (TPSA) is 84.8 Å². The molecule has 1 aliphatic heterocycles. The maximum atomic E-state index is 6.59. The molecule has 2 fully saturated rings. The summed E-state index contributed by atoms with van der Waals surface area (Å²) in [6.07, 6.45) is 13.4. The third-order valence-corrected chi connectivity index (χ3v) is 8.21. The molecule has 1 aromatic rings. The molecule has 1 aromatic carbocycles. The lowest BCUT2D eigenvalue weighted by atomic mass is 9.66. The summed E-state index contributed by atoms with van der Waals surface area (Å²) >= 11 is 0. The first-order chi connectivity index (χ1) is 15.1. The molecule has 1 atom stereocenters. The van der Waals surface area contributed by atoms with Gasteiger partial charge in [-0.2, -0.15) is 0 Å². The van der Waals surface area contributed by atoms with Crippen molar-refractivity contribution < 1.29 is 9.57 Å². The van der Waals surface area contributed by atoms with E-state index in [1.807, 2.05) is 14.2 Å². The van der Waals surface area contributed by atoms with E-state index in [0.29, 0.717) is 12.1 Å². The number of nitrogens with zero attached hydrogens (tertiary/aromatic N) is 4. The Hall–Kier alpha value is -1.99. The summed E-state index contributed by atoms with van der Waals surface area (Å²) in [6.45, 7) is 0. The summed E-state index contributed by atoms with van der Waals surface area (Å²) in [6, 6.07) is 7.04. The van der Waals surface area contributed by atoms with Crippen molar-refractivity contribution in [3.05, 3.63) is 34.9 Å². The zero-order valence-electron chi connectivity index (χ0n) is 18.8. The zero-order chi connectivity index (χ0) is 21.5. The number of methoxy groups -OCH3 is 1. The second-order valence-electron chi connectivity index (χ2n) is 9.95. The highest BCUT2D eigenvalue weighted by Gasteiger charge is 2.63. The van der Waals surface area contributed by atoms with Gasteiger partial charge in [0.05, 0.1) is 6.10 Å². The zero-order valence-corrected chi connectivity index (χ0v) is 18.8. The molecular weight excluding hydrogens is 390 g/mol. The second kappa shape index (κ2) is 8.17. The SMILES string of the molecule is COC1CCC2(CC1)Cc1ccc(CC3CCCCC3)cc1C21N=C(N=NN)N(C)O1. The van der Waals surface area contributed by atoms with Crippen LogP contribution in [0.3, 0.4) is 0 Å². The normalized spacial score (nSPS) is 33.5. The molecular formula is C24H35N5O2. The van der Waals surface area contributed by atoms with Crippen molar-refractivity contribution in [1.29, 1.82) is 0 Å². The van der Waals surface area contributed by atoms with Crippen molar-refractivity contribution >= 4 is 5.96 Å². The number of nitrogens with two attached hydrogens (primary N) is 1. The van der Waals surface area contributed by atoms with E-state index in [0.717, 1.165) is 44.4 Å².